The molecule has 0 aromatic heterocycles. The second-order valence-electron chi connectivity index (χ2n) is 5.01. The molecule has 0 amide bonds. The van der Waals surface area contributed by atoms with E-state index in [0.717, 1.165) is 12.0 Å². The van der Waals surface area contributed by atoms with Crippen LogP contribution in [-0.4, -0.2) is 21.8 Å². The lowest BCUT2D eigenvalue weighted by atomic mass is 10.1. The fourth-order valence-corrected chi connectivity index (χ4v) is 3.62. The first kappa shape index (κ1) is 13.3. The van der Waals surface area contributed by atoms with Crippen molar-refractivity contribution < 1.29 is 22.6 Å². The molecule has 2 aliphatic heterocycles. The van der Waals surface area contributed by atoms with Gasteiger partial charge in [-0.3, -0.25) is 4.72 Å². The van der Waals surface area contributed by atoms with Gasteiger partial charge in [0.2, 0.25) is 6.79 Å². The quantitative estimate of drug-likeness (QED) is 0.938. The van der Waals surface area contributed by atoms with Crippen LogP contribution in [0.3, 0.4) is 0 Å². The van der Waals surface area contributed by atoms with Gasteiger partial charge < -0.3 is 14.2 Å². The van der Waals surface area contributed by atoms with E-state index in [1.165, 1.54) is 12.1 Å². The average molecular weight is 319 g/mol. The van der Waals surface area contributed by atoms with E-state index in [2.05, 4.69) is 4.72 Å². The summed E-state index contributed by atoms with van der Waals surface area (Å²) in [6.07, 6.45) is 0.787. The van der Waals surface area contributed by atoms with Crippen LogP contribution in [0.5, 0.6) is 17.2 Å². The molecule has 1 N–H and O–H groups in total. The molecule has 0 bridgehead atoms. The van der Waals surface area contributed by atoms with Crippen molar-refractivity contribution in [2.24, 2.45) is 0 Å². The number of hydrogen-bond acceptors (Lipinski definition) is 5. The minimum absolute atomic E-state index is 0.103. The molecule has 0 atom stereocenters. The summed E-state index contributed by atoms with van der Waals surface area (Å²) in [5, 5.41) is 0. The Morgan fingerprint density at radius 1 is 1.00 bits per heavy atom. The molecule has 2 aromatic carbocycles. The molecule has 2 aliphatic rings. The van der Waals surface area contributed by atoms with Gasteiger partial charge in [0.15, 0.2) is 11.5 Å². The third kappa shape index (κ3) is 2.14. The number of ether oxygens (including phenoxy) is 3. The largest absolute Gasteiger partial charge is 0.491 e. The summed E-state index contributed by atoms with van der Waals surface area (Å²) in [5.41, 5.74) is 1.46. The van der Waals surface area contributed by atoms with Crippen molar-refractivity contribution in [1.29, 1.82) is 0 Å². The second kappa shape index (κ2) is 4.81. The van der Waals surface area contributed by atoms with Gasteiger partial charge in [-0.1, -0.05) is 12.1 Å². The smallest absolute Gasteiger partial charge is 0.262 e. The lowest BCUT2D eigenvalue weighted by Crippen LogP contribution is -2.13. The molecule has 114 valence electrons. The van der Waals surface area contributed by atoms with Crippen molar-refractivity contribution >= 4 is 15.7 Å². The molecule has 4 rings (SSSR count). The van der Waals surface area contributed by atoms with Crippen molar-refractivity contribution in [3.63, 3.8) is 0 Å². The first-order valence-corrected chi connectivity index (χ1v) is 8.29. The maximum absolute atomic E-state index is 12.5. The molecule has 7 heteroatoms. The number of anilines is 1. The number of rotatable bonds is 3. The van der Waals surface area contributed by atoms with Gasteiger partial charge in [-0.2, -0.15) is 0 Å². The van der Waals surface area contributed by atoms with E-state index in [9.17, 15) is 8.42 Å². The first-order valence-electron chi connectivity index (χ1n) is 6.81. The topological polar surface area (TPSA) is 73.9 Å². The van der Waals surface area contributed by atoms with E-state index in [4.69, 9.17) is 14.2 Å². The first-order chi connectivity index (χ1) is 10.6. The number of para-hydroxylation sites is 1. The Bertz CT molecular complexity index is 847. The van der Waals surface area contributed by atoms with Crippen LogP contribution in [0.1, 0.15) is 5.56 Å². The highest BCUT2D eigenvalue weighted by atomic mass is 32.2. The zero-order valence-electron chi connectivity index (χ0n) is 11.5. The Balaban J connectivity index is 1.69. The lowest BCUT2D eigenvalue weighted by Gasteiger charge is -2.11. The zero-order chi connectivity index (χ0) is 15.2. The predicted octanol–water partition coefficient (Wildman–Crippen LogP) is 2.15. The van der Waals surface area contributed by atoms with E-state index in [1.54, 1.807) is 12.1 Å². The molecule has 6 nitrogen and oxygen atoms in total. The van der Waals surface area contributed by atoms with E-state index < -0.39 is 10.0 Å². The predicted molar refractivity (Wildman–Crippen MR) is 79.0 cm³/mol. The van der Waals surface area contributed by atoms with Crippen molar-refractivity contribution in [3.05, 3.63) is 42.0 Å². The number of fused-ring (bicyclic) bond motifs is 2. The van der Waals surface area contributed by atoms with Gasteiger partial charge in [-0.15, -0.1) is 0 Å². The summed E-state index contributed by atoms with van der Waals surface area (Å²) < 4.78 is 43.6. The molecule has 0 saturated carbocycles. The molecule has 2 heterocycles. The molecule has 0 unspecified atom stereocenters. The maximum atomic E-state index is 12.5. The van der Waals surface area contributed by atoms with Crippen LogP contribution in [0, 0.1) is 0 Å². The van der Waals surface area contributed by atoms with Gasteiger partial charge in [-0.25, -0.2) is 8.42 Å². The summed E-state index contributed by atoms with van der Waals surface area (Å²) in [6, 6.07) is 9.96. The van der Waals surface area contributed by atoms with Crippen LogP contribution < -0.4 is 18.9 Å². The number of sulfonamides is 1. The summed E-state index contributed by atoms with van der Waals surface area (Å²) in [5.74, 6) is 1.58. The maximum Gasteiger partial charge on any atom is 0.262 e. The average Bonchev–Trinajstić information content (AvgIpc) is 3.15. The van der Waals surface area contributed by atoms with Crippen LogP contribution in [0.25, 0.3) is 0 Å². The van der Waals surface area contributed by atoms with Crippen LogP contribution in [-0.2, 0) is 16.4 Å². The van der Waals surface area contributed by atoms with Gasteiger partial charge in [0.05, 0.1) is 17.2 Å². The minimum atomic E-state index is -3.72. The van der Waals surface area contributed by atoms with E-state index in [0.29, 0.717) is 29.5 Å². The van der Waals surface area contributed by atoms with Gasteiger partial charge >= 0.3 is 0 Å². The highest BCUT2D eigenvalue weighted by Gasteiger charge is 2.23. The molecule has 0 fully saturated rings. The Morgan fingerprint density at radius 2 is 1.86 bits per heavy atom. The van der Waals surface area contributed by atoms with Gasteiger partial charge in [0.25, 0.3) is 10.0 Å². The molecule has 0 aliphatic carbocycles. The van der Waals surface area contributed by atoms with Crippen molar-refractivity contribution in [1.82, 2.24) is 0 Å². The van der Waals surface area contributed by atoms with Gasteiger partial charge in [-0.05, 0) is 23.8 Å². The molecule has 0 saturated heterocycles. The third-order valence-corrected chi connectivity index (χ3v) is 4.98. The van der Waals surface area contributed by atoms with Crippen molar-refractivity contribution in [2.75, 3.05) is 18.1 Å². The highest BCUT2D eigenvalue weighted by Crippen LogP contribution is 2.37. The fraction of sp³-hybridized carbons (Fsp3) is 0.200. The van der Waals surface area contributed by atoms with Gasteiger partial charge in [0, 0.05) is 12.5 Å². The normalized spacial score (nSPS) is 15.3. The lowest BCUT2D eigenvalue weighted by molar-refractivity contribution is 0.174. The zero-order valence-corrected chi connectivity index (χ0v) is 12.4. The highest BCUT2D eigenvalue weighted by molar-refractivity contribution is 7.92. The Hall–Kier alpha value is -2.41. The molecular weight excluding hydrogens is 306 g/mol. The monoisotopic (exact) mass is 319 g/mol. The standard InChI is InChI=1S/C15H13NO5S/c17-22(18,11-4-5-13-14(8-11)21-9-20-13)16-12-3-1-2-10-6-7-19-15(10)12/h1-5,8,16H,6-7,9H2. The number of hydrogen-bond donors (Lipinski definition) is 1. The van der Waals surface area contributed by atoms with Crippen LogP contribution in [0.15, 0.2) is 41.3 Å². The summed E-state index contributed by atoms with van der Waals surface area (Å²) in [7, 11) is -3.72. The third-order valence-electron chi connectivity index (χ3n) is 3.61. The van der Waals surface area contributed by atoms with Crippen LogP contribution in [0.4, 0.5) is 5.69 Å². The fourth-order valence-electron chi connectivity index (χ4n) is 2.54. The van der Waals surface area contributed by atoms with Crippen molar-refractivity contribution in [2.45, 2.75) is 11.3 Å². The van der Waals surface area contributed by atoms with E-state index in [1.807, 2.05) is 12.1 Å². The Morgan fingerprint density at radius 3 is 2.77 bits per heavy atom. The van der Waals surface area contributed by atoms with Crippen LogP contribution >= 0.6 is 0 Å². The Labute approximate surface area is 127 Å². The summed E-state index contributed by atoms with van der Waals surface area (Å²) in [6.45, 7) is 0.671. The summed E-state index contributed by atoms with van der Waals surface area (Å²) >= 11 is 0. The SMILES string of the molecule is O=S(=O)(Nc1cccc2c1OCC2)c1ccc2c(c1)OCO2. The molecular formula is C15H13NO5S. The molecule has 0 radical (unpaired) electrons. The van der Waals surface area contributed by atoms with Gasteiger partial charge in [0.1, 0.15) is 5.75 Å². The second-order valence-corrected chi connectivity index (χ2v) is 6.70. The molecule has 2 aromatic rings. The van der Waals surface area contributed by atoms with Crippen LogP contribution in [0.2, 0.25) is 0 Å². The minimum Gasteiger partial charge on any atom is -0.491 e. The van der Waals surface area contributed by atoms with E-state index >= 15 is 0 Å². The van der Waals surface area contributed by atoms with Crippen molar-refractivity contribution in [3.8, 4) is 17.2 Å². The molecule has 22 heavy (non-hydrogen) atoms. The Kier molecular flexibility index (Phi) is 2.90. The number of nitrogens with one attached hydrogen (secondary N) is 1. The van der Waals surface area contributed by atoms with E-state index in [-0.39, 0.29) is 11.7 Å². The number of benzene rings is 2. The summed E-state index contributed by atoms with van der Waals surface area (Å²) in [4.78, 5) is 0.118. The molecule has 0 spiro atoms.